The molecule has 1 amide bonds. The lowest BCUT2D eigenvalue weighted by Crippen LogP contribution is -2.48. The number of aliphatic carboxylic acids is 1. The predicted molar refractivity (Wildman–Crippen MR) is 80.7 cm³/mol. The number of hydrogen-bond acceptors (Lipinski definition) is 3. The number of carboxylic acid groups (broad SMARTS) is 1. The van der Waals surface area contributed by atoms with E-state index >= 15 is 0 Å². The first-order chi connectivity index (χ1) is 10.1. The van der Waals surface area contributed by atoms with E-state index < -0.39 is 11.4 Å². The number of carboxylic acids is 1. The van der Waals surface area contributed by atoms with Crippen LogP contribution in [0.3, 0.4) is 0 Å². The van der Waals surface area contributed by atoms with E-state index in [2.05, 4.69) is 5.32 Å². The molecule has 4 N–H and O–H groups in total. The van der Waals surface area contributed by atoms with Crippen LogP contribution in [-0.2, 0) is 9.59 Å². The van der Waals surface area contributed by atoms with Gasteiger partial charge in [0.2, 0.25) is 5.91 Å². The molecule has 0 aromatic carbocycles. The fourth-order valence-electron chi connectivity index (χ4n) is 3.74. The summed E-state index contributed by atoms with van der Waals surface area (Å²) in [7, 11) is 0. The van der Waals surface area contributed by atoms with Gasteiger partial charge in [0.25, 0.3) is 0 Å². The van der Waals surface area contributed by atoms with E-state index in [9.17, 15) is 14.7 Å². The molecule has 0 bridgehead atoms. The molecule has 0 radical (unpaired) electrons. The van der Waals surface area contributed by atoms with Crippen molar-refractivity contribution in [3.8, 4) is 0 Å². The molecular weight excluding hydrogens is 268 g/mol. The molecule has 0 spiro atoms. The van der Waals surface area contributed by atoms with Gasteiger partial charge in [-0.15, -0.1) is 0 Å². The highest BCUT2D eigenvalue weighted by molar-refractivity contribution is 5.81. The molecule has 5 heteroatoms. The molecular formula is C16H28N2O3. The van der Waals surface area contributed by atoms with Gasteiger partial charge in [0.05, 0.1) is 11.3 Å². The Morgan fingerprint density at radius 3 is 2.33 bits per heavy atom. The zero-order chi connectivity index (χ0) is 15.3. The zero-order valence-corrected chi connectivity index (χ0v) is 12.8. The number of carbonyl (C=O) groups is 2. The van der Waals surface area contributed by atoms with Crippen LogP contribution in [0.1, 0.15) is 64.2 Å². The number of carbonyl (C=O) groups excluding carboxylic acids is 1. The van der Waals surface area contributed by atoms with Gasteiger partial charge < -0.3 is 16.2 Å². The molecule has 120 valence electrons. The summed E-state index contributed by atoms with van der Waals surface area (Å²) in [4.78, 5) is 24.0. The third kappa shape index (κ3) is 3.96. The minimum absolute atomic E-state index is 0.0457. The standard InChI is InChI=1S/C16H28N2O3/c17-13-8-4-1-3-7-12(13)14(19)18-11-16(15(20)21)9-5-2-6-10-16/h12-13H,1-11,17H2,(H,18,19)(H,20,21). The first-order valence-corrected chi connectivity index (χ1v) is 8.32. The van der Waals surface area contributed by atoms with Crippen molar-refractivity contribution in [3.63, 3.8) is 0 Å². The molecule has 0 aromatic heterocycles. The van der Waals surface area contributed by atoms with E-state index in [1.807, 2.05) is 0 Å². The van der Waals surface area contributed by atoms with Crippen LogP contribution in [0.15, 0.2) is 0 Å². The van der Waals surface area contributed by atoms with Crippen molar-refractivity contribution in [2.75, 3.05) is 6.54 Å². The van der Waals surface area contributed by atoms with Crippen LogP contribution in [0.2, 0.25) is 0 Å². The SMILES string of the molecule is NC1CCCCCC1C(=O)NCC1(C(=O)O)CCCCC1. The Morgan fingerprint density at radius 2 is 1.67 bits per heavy atom. The van der Waals surface area contributed by atoms with E-state index in [4.69, 9.17) is 5.73 Å². The summed E-state index contributed by atoms with van der Waals surface area (Å²) in [5.74, 6) is -0.967. The Labute approximate surface area is 126 Å². The number of nitrogens with one attached hydrogen (secondary N) is 1. The Balaban J connectivity index is 1.93. The van der Waals surface area contributed by atoms with Crippen LogP contribution in [0.25, 0.3) is 0 Å². The Hall–Kier alpha value is -1.10. The van der Waals surface area contributed by atoms with Crippen LogP contribution >= 0.6 is 0 Å². The maximum absolute atomic E-state index is 12.4. The minimum atomic E-state index is -0.771. The van der Waals surface area contributed by atoms with Crippen molar-refractivity contribution in [2.24, 2.45) is 17.1 Å². The second-order valence-electron chi connectivity index (χ2n) is 6.77. The van der Waals surface area contributed by atoms with Crippen molar-refractivity contribution in [1.29, 1.82) is 0 Å². The molecule has 2 atom stereocenters. The van der Waals surface area contributed by atoms with Crippen molar-refractivity contribution in [3.05, 3.63) is 0 Å². The zero-order valence-electron chi connectivity index (χ0n) is 12.8. The van der Waals surface area contributed by atoms with Gasteiger partial charge in [-0.2, -0.15) is 0 Å². The normalized spacial score (nSPS) is 29.4. The van der Waals surface area contributed by atoms with E-state index in [0.717, 1.165) is 51.4 Å². The van der Waals surface area contributed by atoms with Gasteiger partial charge in [-0.25, -0.2) is 0 Å². The summed E-state index contributed by atoms with van der Waals surface area (Å²) in [6, 6.07) is -0.0837. The maximum Gasteiger partial charge on any atom is 0.311 e. The average Bonchev–Trinajstić information content (AvgIpc) is 2.70. The molecule has 0 aromatic rings. The highest BCUT2D eigenvalue weighted by Crippen LogP contribution is 2.36. The fourth-order valence-corrected chi connectivity index (χ4v) is 3.74. The van der Waals surface area contributed by atoms with Crippen molar-refractivity contribution in [1.82, 2.24) is 5.32 Å². The van der Waals surface area contributed by atoms with E-state index in [1.165, 1.54) is 0 Å². The van der Waals surface area contributed by atoms with E-state index in [0.29, 0.717) is 12.8 Å². The first kappa shape index (κ1) is 16.3. The summed E-state index contributed by atoms with van der Waals surface area (Å²) in [5.41, 5.74) is 5.34. The summed E-state index contributed by atoms with van der Waals surface area (Å²) in [6.45, 7) is 0.254. The second kappa shape index (κ2) is 7.25. The number of hydrogen-bond donors (Lipinski definition) is 3. The van der Waals surface area contributed by atoms with Gasteiger partial charge in [0, 0.05) is 12.6 Å². The quantitative estimate of drug-likeness (QED) is 0.692. The summed E-state index contributed by atoms with van der Waals surface area (Å²) >= 11 is 0. The fraction of sp³-hybridized carbons (Fsp3) is 0.875. The monoisotopic (exact) mass is 296 g/mol. The number of nitrogens with two attached hydrogens (primary N) is 1. The molecule has 5 nitrogen and oxygen atoms in total. The largest absolute Gasteiger partial charge is 0.481 e. The minimum Gasteiger partial charge on any atom is -0.481 e. The topological polar surface area (TPSA) is 92.4 Å². The lowest BCUT2D eigenvalue weighted by atomic mass is 9.74. The highest BCUT2D eigenvalue weighted by atomic mass is 16.4. The van der Waals surface area contributed by atoms with Gasteiger partial charge in [-0.3, -0.25) is 9.59 Å². The molecule has 2 aliphatic carbocycles. The summed E-state index contributed by atoms with van der Waals surface area (Å²) in [6.07, 6.45) is 9.27. The molecule has 0 aliphatic heterocycles. The Kier molecular flexibility index (Phi) is 5.62. The lowest BCUT2D eigenvalue weighted by Gasteiger charge is -2.34. The summed E-state index contributed by atoms with van der Waals surface area (Å²) < 4.78 is 0. The Bertz CT molecular complexity index is 378. The Morgan fingerprint density at radius 1 is 1.05 bits per heavy atom. The van der Waals surface area contributed by atoms with Crippen LogP contribution in [0, 0.1) is 11.3 Å². The van der Waals surface area contributed by atoms with Crippen LogP contribution in [-0.4, -0.2) is 29.6 Å². The first-order valence-electron chi connectivity index (χ1n) is 8.32. The predicted octanol–water partition coefficient (Wildman–Crippen LogP) is 2.05. The molecule has 0 heterocycles. The second-order valence-corrected chi connectivity index (χ2v) is 6.77. The van der Waals surface area contributed by atoms with Crippen molar-refractivity contribution < 1.29 is 14.7 Å². The maximum atomic E-state index is 12.4. The molecule has 2 saturated carbocycles. The average molecular weight is 296 g/mol. The van der Waals surface area contributed by atoms with Crippen LogP contribution in [0.5, 0.6) is 0 Å². The van der Waals surface area contributed by atoms with Crippen LogP contribution < -0.4 is 11.1 Å². The van der Waals surface area contributed by atoms with Crippen LogP contribution in [0.4, 0.5) is 0 Å². The van der Waals surface area contributed by atoms with E-state index in [-0.39, 0.29) is 24.4 Å². The van der Waals surface area contributed by atoms with Crippen molar-refractivity contribution >= 4 is 11.9 Å². The third-order valence-corrected chi connectivity index (χ3v) is 5.27. The highest BCUT2D eigenvalue weighted by Gasteiger charge is 2.40. The number of rotatable bonds is 4. The molecule has 2 aliphatic rings. The van der Waals surface area contributed by atoms with Gasteiger partial charge in [-0.1, -0.05) is 38.5 Å². The lowest BCUT2D eigenvalue weighted by molar-refractivity contribution is -0.151. The smallest absolute Gasteiger partial charge is 0.311 e. The van der Waals surface area contributed by atoms with Gasteiger partial charge in [0.1, 0.15) is 0 Å². The molecule has 0 saturated heterocycles. The molecule has 2 rings (SSSR count). The molecule has 2 fully saturated rings. The third-order valence-electron chi connectivity index (χ3n) is 5.27. The molecule has 2 unspecified atom stereocenters. The van der Waals surface area contributed by atoms with E-state index in [1.54, 1.807) is 0 Å². The van der Waals surface area contributed by atoms with Gasteiger partial charge in [-0.05, 0) is 25.7 Å². The van der Waals surface area contributed by atoms with Crippen molar-refractivity contribution in [2.45, 2.75) is 70.3 Å². The van der Waals surface area contributed by atoms with Gasteiger partial charge in [0.15, 0.2) is 0 Å². The van der Waals surface area contributed by atoms with Gasteiger partial charge >= 0.3 is 5.97 Å². The molecule has 21 heavy (non-hydrogen) atoms. The number of amides is 1. The summed E-state index contributed by atoms with van der Waals surface area (Å²) in [5, 5.41) is 12.4.